The maximum atomic E-state index is 6.45. The fraction of sp³-hybridized carbons (Fsp3) is 0.684. The van der Waals surface area contributed by atoms with Gasteiger partial charge in [-0.15, -0.1) is 0 Å². The molecule has 1 aliphatic rings. The van der Waals surface area contributed by atoms with Crippen molar-refractivity contribution in [2.45, 2.75) is 65.9 Å². The van der Waals surface area contributed by atoms with Crippen molar-refractivity contribution >= 4 is 0 Å². The van der Waals surface area contributed by atoms with E-state index >= 15 is 0 Å². The monoisotopic (exact) mass is 289 g/mol. The number of ether oxygens (including phenoxy) is 1. The molecule has 3 unspecified atom stereocenters. The summed E-state index contributed by atoms with van der Waals surface area (Å²) in [5.74, 6) is 2.39. The second-order valence-corrected chi connectivity index (χ2v) is 6.82. The van der Waals surface area contributed by atoms with Crippen molar-refractivity contribution in [3.05, 3.63) is 28.8 Å². The van der Waals surface area contributed by atoms with Crippen LogP contribution in [0.3, 0.4) is 0 Å². The molecule has 0 bridgehead atoms. The van der Waals surface area contributed by atoms with Gasteiger partial charge in [-0.3, -0.25) is 0 Å². The van der Waals surface area contributed by atoms with Gasteiger partial charge in [0, 0.05) is 5.92 Å². The zero-order valence-electron chi connectivity index (χ0n) is 14.1. The summed E-state index contributed by atoms with van der Waals surface area (Å²) in [6, 6.07) is 4.41. The molecule has 0 heterocycles. The van der Waals surface area contributed by atoms with Crippen molar-refractivity contribution in [3.8, 4) is 5.75 Å². The average Bonchev–Trinajstić information content (AvgIpc) is 2.45. The van der Waals surface area contributed by atoms with Crippen LogP contribution in [-0.2, 0) is 0 Å². The molecule has 0 amide bonds. The molecule has 0 aromatic heterocycles. The van der Waals surface area contributed by atoms with Gasteiger partial charge in [0.2, 0.25) is 0 Å². The fourth-order valence-corrected chi connectivity index (χ4v) is 3.65. The molecule has 1 aliphatic carbocycles. The van der Waals surface area contributed by atoms with Crippen molar-refractivity contribution in [1.82, 2.24) is 0 Å². The maximum absolute atomic E-state index is 6.45. The van der Waals surface area contributed by atoms with Crippen molar-refractivity contribution in [2.24, 2.45) is 17.6 Å². The third kappa shape index (κ3) is 4.00. The van der Waals surface area contributed by atoms with Crippen LogP contribution >= 0.6 is 0 Å². The minimum Gasteiger partial charge on any atom is -0.490 e. The molecule has 2 heteroatoms. The normalized spacial score (nSPS) is 25.9. The van der Waals surface area contributed by atoms with E-state index in [2.05, 4.69) is 39.8 Å². The highest BCUT2D eigenvalue weighted by atomic mass is 16.5. The highest BCUT2D eigenvalue weighted by Gasteiger charge is 2.31. The number of nitrogens with two attached hydrogens (primary N) is 1. The smallest absolute Gasteiger partial charge is 0.123 e. The van der Waals surface area contributed by atoms with E-state index in [9.17, 15) is 0 Å². The average molecular weight is 289 g/mol. The Kier molecular flexibility index (Phi) is 5.69. The molecule has 1 aromatic rings. The van der Waals surface area contributed by atoms with Crippen LogP contribution in [0.25, 0.3) is 0 Å². The van der Waals surface area contributed by atoms with E-state index in [1.165, 1.54) is 48.8 Å². The SMILES string of the molecule is CCCC1CCC(CN)C(Oc2cc(C)cc(C)c2C)C1. The van der Waals surface area contributed by atoms with Crippen molar-refractivity contribution in [1.29, 1.82) is 0 Å². The molecule has 2 N–H and O–H groups in total. The van der Waals surface area contributed by atoms with Crippen LogP contribution < -0.4 is 10.5 Å². The zero-order valence-corrected chi connectivity index (χ0v) is 14.1. The largest absolute Gasteiger partial charge is 0.490 e. The third-order valence-corrected chi connectivity index (χ3v) is 5.08. The minimum atomic E-state index is 0.292. The molecule has 0 spiro atoms. The predicted octanol–water partition coefficient (Wildman–Crippen LogP) is 4.53. The van der Waals surface area contributed by atoms with Gasteiger partial charge in [0.1, 0.15) is 11.9 Å². The van der Waals surface area contributed by atoms with Gasteiger partial charge >= 0.3 is 0 Å². The Hall–Kier alpha value is -1.02. The highest BCUT2D eigenvalue weighted by molar-refractivity contribution is 5.42. The summed E-state index contributed by atoms with van der Waals surface area (Å²) < 4.78 is 6.45. The number of hydrogen-bond acceptors (Lipinski definition) is 2. The predicted molar refractivity (Wildman–Crippen MR) is 89.9 cm³/mol. The first kappa shape index (κ1) is 16.4. The molecule has 0 aliphatic heterocycles. The van der Waals surface area contributed by atoms with Crippen LogP contribution in [0.15, 0.2) is 12.1 Å². The summed E-state index contributed by atoms with van der Waals surface area (Å²) in [6.45, 7) is 9.48. The summed E-state index contributed by atoms with van der Waals surface area (Å²) in [4.78, 5) is 0. The van der Waals surface area contributed by atoms with Gasteiger partial charge in [0.15, 0.2) is 0 Å². The third-order valence-electron chi connectivity index (χ3n) is 5.08. The fourth-order valence-electron chi connectivity index (χ4n) is 3.65. The number of rotatable bonds is 5. The molecule has 1 saturated carbocycles. The van der Waals surface area contributed by atoms with Gasteiger partial charge in [-0.25, -0.2) is 0 Å². The van der Waals surface area contributed by atoms with Crippen LogP contribution in [0.1, 0.15) is 55.7 Å². The van der Waals surface area contributed by atoms with E-state index in [0.717, 1.165) is 18.2 Å². The molecule has 3 atom stereocenters. The second-order valence-electron chi connectivity index (χ2n) is 6.82. The summed E-state index contributed by atoms with van der Waals surface area (Å²) in [6.07, 6.45) is 6.59. The Morgan fingerprint density at radius 3 is 2.62 bits per heavy atom. The number of aryl methyl sites for hydroxylation is 2. The quantitative estimate of drug-likeness (QED) is 0.864. The van der Waals surface area contributed by atoms with Crippen LogP contribution in [0, 0.1) is 32.6 Å². The lowest BCUT2D eigenvalue weighted by Crippen LogP contribution is -2.38. The molecule has 2 rings (SSSR count). The standard InChI is InChI=1S/C19H31NO/c1-5-6-16-7-8-17(12-20)19(11-16)21-18-10-13(2)9-14(3)15(18)4/h9-10,16-17,19H,5-8,11-12,20H2,1-4H3. The van der Waals surface area contributed by atoms with E-state index in [4.69, 9.17) is 10.5 Å². The Morgan fingerprint density at radius 1 is 1.19 bits per heavy atom. The Labute approximate surface area is 130 Å². The maximum Gasteiger partial charge on any atom is 0.123 e. The van der Waals surface area contributed by atoms with Gasteiger partial charge in [-0.1, -0.05) is 25.8 Å². The molecular weight excluding hydrogens is 258 g/mol. The van der Waals surface area contributed by atoms with E-state index in [1.54, 1.807) is 0 Å². The van der Waals surface area contributed by atoms with Crippen LogP contribution in [0.2, 0.25) is 0 Å². The molecule has 1 aromatic carbocycles. The second kappa shape index (κ2) is 7.31. The van der Waals surface area contributed by atoms with E-state index in [1.807, 2.05) is 0 Å². The molecular formula is C19H31NO. The van der Waals surface area contributed by atoms with Gasteiger partial charge in [0.05, 0.1) is 0 Å². The first-order valence-corrected chi connectivity index (χ1v) is 8.49. The lowest BCUT2D eigenvalue weighted by molar-refractivity contribution is 0.0662. The molecule has 21 heavy (non-hydrogen) atoms. The van der Waals surface area contributed by atoms with E-state index in [-0.39, 0.29) is 0 Å². The summed E-state index contributed by atoms with van der Waals surface area (Å²) in [7, 11) is 0. The van der Waals surface area contributed by atoms with Crippen LogP contribution in [-0.4, -0.2) is 12.6 Å². The number of hydrogen-bond donors (Lipinski definition) is 1. The van der Waals surface area contributed by atoms with Crippen LogP contribution in [0.5, 0.6) is 5.75 Å². The van der Waals surface area contributed by atoms with Crippen molar-refractivity contribution in [3.63, 3.8) is 0 Å². The van der Waals surface area contributed by atoms with Crippen LogP contribution in [0.4, 0.5) is 0 Å². The van der Waals surface area contributed by atoms with Gasteiger partial charge < -0.3 is 10.5 Å². The Balaban J connectivity index is 2.14. The summed E-state index contributed by atoms with van der Waals surface area (Å²) >= 11 is 0. The lowest BCUT2D eigenvalue weighted by Gasteiger charge is -2.36. The molecule has 118 valence electrons. The van der Waals surface area contributed by atoms with Crippen molar-refractivity contribution < 1.29 is 4.74 Å². The zero-order chi connectivity index (χ0) is 15.4. The van der Waals surface area contributed by atoms with Gasteiger partial charge in [0.25, 0.3) is 0 Å². The van der Waals surface area contributed by atoms with Gasteiger partial charge in [-0.05, 0) is 75.3 Å². The van der Waals surface area contributed by atoms with E-state index in [0.29, 0.717) is 12.0 Å². The topological polar surface area (TPSA) is 35.2 Å². The molecule has 2 nitrogen and oxygen atoms in total. The first-order chi connectivity index (χ1) is 10.0. The summed E-state index contributed by atoms with van der Waals surface area (Å²) in [5, 5.41) is 0. The summed E-state index contributed by atoms with van der Waals surface area (Å²) in [5.41, 5.74) is 9.85. The van der Waals surface area contributed by atoms with E-state index < -0.39 is 0 Å². The Morgan fingerprint density at radius 2 is 1.95 bits per heavy atom. The minimum absolute atomic E-state index is 0.292. The van der Waals surface area contributed by atoms with Gasteiger partial charge in [-0.2, -0.15) is 0 Å². The number of benzene rings is 1. The first-order valence-electron chi connectivity index (χ1n) is 8.49. The molecule has 0 radical (unpaired) electrons. The molecule has 0 saturated heterocycles. The Bertz CT molecular complexity index is 469. The lowest BCUT2D eigenvalue weighted by atomic mass is 9.78. The highest BCUT2D eigenvalue weighted by Crippen LogP contribution is 2.35. The van der Waals surface area contributed by atoms with Crippen molar-refractivity contribution in [2.75, 3.05) is 6.54 Å². The molecule has 1 fully saturated rings.